The van der Waals surface area contributed by atoms with Gasteiger partial charge in [-0.1, -0.05) is 103 Å². The second-order valence-corrected chi connectivity index (χ2v) is 5.52. The second-order valence-electron chi connectivity index (χ2n) is 5.52. The molecule has 0 aliphatic rings. The first-order valence-corrected chi connectivity index (χ1v) is 8.06. The molecule has 1 atom stereocenters. The summed E-state index contributed by atoms with van der Waals surface area (Å²) in [6.07, 6.45) is 17.7. The van der Waals surface area contributed by atoms with Gasteiger partial charge in [0, 0.05) is 0 Å². The van der Waals surface area contributed by atoms with Crippen molar-refractivity contribution in [3.8, 4) is 0 Å². The van der Waals surface area contributed by atoms with E-state index in [0.29, 0.717) is 5.82 Å². The first kappa shape index (κ1) is 17.1. The lowest BCUT2D eigenvalue weighted by Crippen LogP contribution is -1.93. The molecule has 0 spiro atoms. The van der Waals surface area contributed by atoms with Crippen LogP contribution in [0.3, 0.4) is 0 Å². The highest BCUT2D eigenvalue weighted by atomic mass is 14.0. The summed E-state index contributed by atoms with van der Waals surface area (Å²) in [5.41, 5.74) is 0. The van der Waals surface area contributed by atoms with Crippen molar-refractivity contribution in [2.45, 2.75) is 103 Å². The largest absolute Gasteiger partial charge is 0.0774 e. The fourth-order valence-electron chi connectivity index (χ4n) is 2.34. The fraction of sp³-hybridized carbons (Fsp3) is 1.00. The van der Waals surface area contributed by atoms with Gasteiger partial charge in [0.2, 0.25) is 0 Å². The van der Waals surface area contributed by atoms with Gasteiger partial charge in [-0.15, -0.1) is 0 Å². The molecule has 0 aliphatic heterocycles. The third-order valence-corrected chi connectivity index (χ3v) is 3.61. The van der Waals surface area contributed by atoms with Crippen molar-refractivity contribution in [2.75, 3.05) is 0 Å². The molecule has 0 heterocycles. The molecule has 0 aromatic heterocycles. The van der Waals surface area contributed by atoms with Crippen molar-refractivity contribution in [3.63, 3.8) is 0 Å². The van der Waals surface area contributed by atoms with Gasteiger partial charge in [0.15, 0.2) is 0 Å². The average Bonchev–Trinajstić information content (AvgIpc) is 2.33. The molecule has 0 nitrogen and oxygen atoms in total. The Morgan fingerprint density at radius 1 is 0.588 bits per heavy atom. The van der Waals surface area contributed by atoms with Gasteiger partial charge in [0.05, 0.1) is 7.85 Å². The van der Waals surface area contributed by atoms with Crippen LogP contribution in [-0.4, -0.2) is 7.85 Å². The molecule has 0 fully saturated rings. The molecule has 0 saturated heterocycles. The van der Waals surface area contributed by atoms with E-state index in [-0.39, 0.29) is 0 Å². The van der Waals surface area contributed by atoms with Gasteiger partial charge < -0.3 is 0 Å². The molecule has 100 valence electrons. The summed E-state index contributed by atoms with van der Waals surface area (Å²) in [7, 11) is 6.09. The smallest absolute Gasteiger partial charge is 0.0699 e. The van der Waals surface area contributed by atoms with Crippen LogP contribution in [0, 0.1) is 0 Å². The van der Waals surface area contributed by atoms with Crippen molar-refractivity contribution >= 4 is 7.85 Å². The average molecular weight is 236 g/mol. The lowest BCUT2D eigenvalue weighted by Gasteiger charge is -2.10. The van der Waals surface area contributed by atoms with Crippen LogP contribution in [0.5, 0.6) is 0 Å². The number of unbranched alkanes of at least 4 members (excludes halogenated alkanes) is 9. The summed E-state index contributed by atoms with van der Waals surface area (Å²) in [4.78, 5) is 0. The van der Waals surface area contributed by atoms with E-state index < -0.39 is 0 Å². The van der Waals surface area contributed by atoms with Gasteiger partial charge in [0.1, 0.15) is 0 Å². The van der Waals surface area contributed by atoms with Crippen LogP contribution in [0.4, 0.5) is 0 Å². The van der Waals surface area contributed by atoms with Gasteiger partial charge in [0.25, 0.3) is 0 Å². The number of rotatable bonds is 13. The van der Waals surface area contributed by atoms with Gasteiger partial charge in [-0.05, 0) is 0 Å². The molecule has 0 N–H and O–H groups in total. The highest BCUT2D eigenvalue weighted by Gasteiger charge is 2.01. The van der Waals surface area contributed by atoms with E-state index >= 15 is 0 Å². The van der Waals surface area contributed by atoms with E-state index in [2.05, 4.69) is 13.8 Å². The summed E-state index contributed by atoms with van der Waals surface area (Å²) >= 11 is 0. The molecular formula is C16H33B. The SMILES string of the molecule is [B]C(CCCCC)CCCCCCCCCC. The molecule has 0 saturated carbocycles. The monoisotopic (exact) mass is 236 g/mol. The number of hydrogen-bond donors (Lipinski definition) is 0. The molecule has 2 radical (unpaired) electrons. The Hall–Kier alpha value is 0.0649. The Balaban J connectivity index is 3.05. The normalized spacial score (nSPS) is 12.8. The summed E-state index contributed by atoms with van der Waals surface area (Å²) < 4.78 is 0. The van der Waals surface area contributed by atoms with Crippen LogP contribution in [0.15, 0.2) is 0 Å². The molecule has 17 heavy (non-hydrogen) atoms. The zero-order valence-corrected chi connectivity index (χ0v) is 12.3. The van der Waals surface area contributed by atoms with Crippen LogP contribution in [0.1, 0.15) is 97.3 Å². The van der Waals surface area contributed by atoms with Gasteiger partial charge in [-0.25, -0.2) is 0 Å². The molecule has 0 aromatic rings. The standard InChI is InChI=1S/C16H33B/c1-3-5-7-8-9-10-11-13-15-16(17)14-12-6-4-2/h16H,3-15H2,1-2H3. The highest BCUT2D eigenvalue weighted by molar-refractivity contribution is 6.11. The van der Waals surface area contributed by atoms with E-state index in [1.165, 1.54) is 83.5 Å². The highest BCUT2D eigenvalue weighted by Crippen LogP contribution is 2.20. The minimum Gasteiger partial charge on any atom is -0.0774 e. The van der Waals surface area contributed by atoms with Crippen LogP contribution in [0.25, 0.3) is 0 Å². The Morgan fingerprint density at radius 2 is 0.941 bits per heavy atom. The predicted molar refractivity (Wildman–Crippen MR) is 80.9 cm³/mol. The zero-order chi connectivity index (χ0) is 12.8. The van der Waals surface area contributed by atoms with Crippen LogP contribution < -0.4 is 0 Å². The maximum Gasteiger partial charge on any atom is 0.0699 e. The quantitative estimate of drug-likeness (QED) is 0.269. The lowest BCUT2D eigenvalue weighted by molar-refractivity contribution is 0.538. The summed E-state index contributed by atoms with van der Waals surface area (Å²) in [5.74, 6) is 0.474. The van der Waals surface area contributed by atoms with Crippen molar-refractivity contribution in [1.82, 2.24) is 0 Å². The van der Waals surface area contributed by atoms with Crippen LogP contribution >= 0.6 is 0 Å². The van der Waals surface area contributed by atoms with Crippen LogP contribution in [-0.2, 0) is 0 Å². The summed E-state index contributed by atoms with van der Waals surface area (Å²) in [6.45, 7) is 4.53. The lowest BCUT2D eigenvalue weighted by atomic mass is 9.79. The Labute approximate surface area is 111 Å². The topological polar surface area (TPSA) is 0 Å². The van der Waals surface area contributed by atoms with Gasteiger partial charge in [-0.2, -0.15) is 0 Å². The minimum atomic E-state index is 0.474. The molecule has 0 amide bonds. The molecule has 0 aromatic carbocycles. The summed E-state index contributed by atoms with van der Waals surface area (Å²) in [5, 5.41) is 0. The predicted octanol–water partition coefficient (Wildman–Crippen LogP) is 6.05. The maximum absolute atomic E-state index is 6.09. The first-order valence-electron chi connectivity index (χ1n) is 8.06. The minimum absolute atomic E-state index is 0.474. The van der Waals surface area contributed by atoms with Gasteiger partial charge in [-0.3, -0.25) is 0 Å². The second kappa shape index (κ2) is 14.1. The number of hydrogen-bond acceptors (Lipinski definition) is 0. The van der Waals surface area contributed by atoms with Crippen molar-refractivity contribution in [3.05, 3.63) is 0 Å². The third-order valence-electron chi connectivity index (χ3n) is 3.61. The Morgan fingerprint density at radius 3 is 1.47 bits per heavy atom. The molecule has 1 unspecified atom stereocenters. The van der Waals surface area contributed by atoms with E-state index in [1.54, 1.807) is 0 Å². The van der Waals surface area contributed by atoms with E-state index in [9.17, 15) is 0 Å². The fourth-order valence-corrected chi connectivity index (χ4v) is 2.34. The maximum atomic E-state index is 6.09. The van der Waals surface area contributed by atoms with Crippen molar-refractivity contribution in [1.29, 1.82) is 0 Å². The molecular weight excluding hydrogens is 203 g/mol. The van der Waals surface area contributed by atoms with E-state index in [1.807, 2.05) is 0 Å². The first-order chi connectivity index (χ1) is 8.31. The molecule has 0 rings (SSSR count). The molecule has 1 heteroatoms. The third kappa shape index (κ3) is 14.0. The summed E-state index contributed by atoms with van der Waals surface area (Å²) in [6, 6.07) is 0. The molecule has 0 bridgehead atoms. The van der Waals surface area contributed by atoms with Crippen molar-refractivity contribution in [2.24, 2.45) is 0 Å². The zero-order valence-electron chi connectivity index (χ0n) is 12.3. The van der Waals surface area contributed by atoms with Crippen molar-refractivity contribution < 1.29 is 0 Å². The van der Waals surface area contributed by atoms with Gasteiger partial charge >= 0.3 is 0 Å². The van der Waals surface area contributed by atoms with E-state index in [4.69, 9.17) is 7.85 Å². The molecule has 0 aliphatic carbocycles. The Kier molecular flexibility index (Phi) is 14.2. The van der Waals surface area contributed by atoms with Crippen LogP contribution in [0.2, 0.25) is 5.82 Å². The van der Waals surface area contributed by atoms with E-state index in [0.717, 1.165) is 0 Å². The Bertz CT molecular complexity index is 133.